The van der Waals surface area contributed by atoms with E-state index in [-0.39, 0.29) is 10.8 Å². The highest BCUT2D eigenvalue weighted by Gasteiger charge is 2.44. The summed E-state index contributed by atoms with van der Waals surface area (Å²) >= 11 is 0. The molecule has 1 fully saturated rings. The van der Waals surface area contributed by atoms with Gasteiger partial charge in [0.05, 0.1) is 0 Å². The Labute approximate surface area is 148 Å². The molecule has 0 heterocycles. The van der Waals surface area contributed by atoms with Gasteiger partial charge < -0.3 is 0 Å². The molecular weight excluding hydrogens is 288 g/mol. The average molecular weight is 321 g/mol. The minimum Gasteiger partial charge on any atom is -0.0622 e. The highest BCUT2D eigenvalue weighted by Crippen LogP contribution is 2.58. The van der Waals surface area contributed by atoms with Crippen molar-refractivity contribution in [2.45, 2.75) is 77.6 Å². The lowest BCUT2D eigenvalue weighted by molar-refractivity contribution is 0.553. The van der Waals surface area contributed by atoms with Gasteiger partial charge in [0.25, 0.3) is 0 Å². The monoisotopic (exact) mass is 320 g/mol. The molecule has 0 radical (unpaired) electrons. The second kappa shape index (κ2) is 5.76. The fourth-order valence-corrected chi connectivity index (χ4v) is 4.02. The Morgan fingerprint density at radius 3 is 1.71 bits per heavy atom. The zero-order valence-electron chi connectivity index (χ0n) is 16.4. The maximum Gasteiger partial charge on any atom is -0.00810 e. The van der Waals surface area contributed by atoms with E-state index < -0.39 is 0 Å². The van der Waals surface area contributed by atoms with Crippen molar-refractivity contribution in [2.75, 3.05) is 0 Å². The van der Waals surface area contributed by atoms with Crippen LogP contribution in [0.15, 0.2) is 42.5 Å². The smallest absolute Gasteiger partial charge is 0.00810 e. The first kappa shape index (κ1) is 17.3. The molecule has 0 saturated heterocycles. The number of benzene rings is 2. The summed E-state index contributed by atoms with van der Waals surface area (Å²) < 4.78 is 0. The van der Waals surface area contributed by atoms with E-state index in [1.807, 2.05) is 0 Å². The topological polar surface area (TPSA) is 0 Å². The van der Waals surface area contributed by atoms with Crippen LogP contribution in [-0.4, -0.2) is 0 Å². The SMILES string of the molecule is Cc1cc(C(C)(C)C)c([C@@H]2C[C@H]2c2ccccc2)c(C(C)(C)C)c1. The van der Waals surface area contributed by atoms with Crippen molar-refractivity contribution in [3.63, 3.8) is 0 Å². The second-order valence-electron chi connectivity index (χ2n) is 9.63. The Morgan fingerprint density at radius 2 is 1.25 bits per heavy atom. The van der Waals surface area contributed by atoms with E-state index >= 15 is 0 Å². The van der Waals surface area contributed by atoms with Gasteiger partial charge >= 0.3 is 0 Å². The van der Waals surface area contributed by atoms with Gasteiger partial charge in [0, 0.05) is 0 Å². The van der Waals surface area contributed by atoms with Crippen molar-refractivity contribution < 1.29 is 0 Å². The van der Waals surface area contributed by atoms with E-state index in [1.165, 1.54) is 17.5 Å². The van der Waals surface area contributed by atoms with Crippen LogP contribution in [0.4, 0.5) is 0 Å². The summed E-state index contributed by atoms with van der Waals surface area (Å²) in [5.74, 6) is 1.37. The van der Waals surface area contributed by atoms with Gasteiger partial charge in [-0.05, 0) is 58.3 Å². The minimum atomic E-state index is 0.186. The summed E-state index contributed by atoms with van der Waals surface area (Å²) in [5.41, 5.74) is 8.01. The maximum atomic E-state index is 2.44. The molecule has 0 bridgehead atoms. The lowest BCUT2D eigenvalue weighted by Crippen LogP contribution is -2.21. The average Bonchev–Trinajstić information content (AvgIpc) is 3.26. The molecule has 0 N–H and O–H groups in total. The van der Waals surface area contributed by atoms with Gasteiger partial charge in [0.2, 0.25) is 0 Å². The van der Waals surface area contributed by atoms with Gasteiger partial charge in [-0.15, -0.1) is 0 Å². The predicted molar refractivity (Wildman–Crippen MR) is 105 cm³/mol. The molecule has 0 amide bonds. The molecule has 0 spiro atoms. The second-order valence-corrected chi connectivity index (χ2v) is 9.63. The van der Waals surface area contributed by atoms with Crippen molar-refractivity contribution in [1.29, 1.82) is 0 Å². The van der Waals surface area contributed by atoms with Gasteiger partial charge in [0.15, 0.2) is 0 Å². The zero-order chi connectivity index (χ0) is 17.7. The third-order valence-electron chi connectivity index (χ3n) is 5.33. The molecule has 2 aromatic carbocycles. The molecule has 2 aromatic rings. The largest absolute Gasteiger partial charge is 0.0622 e. The Balaban J connectivity index is 2.13. The van der Waals surface area contributed by atoms with Crippen LogP contribution in [-0.2, 0) is 10.8 Å². The molecular formula is C24H32. The van der Waals surface area contributed by atoms with Gasteiger partial charge in [-0.3, -0.25) is 0 Å². The van der Waals surface area contributed by atoms with Gasteiger partial charge in [-0.1, -0.05) is 89.6 Å². The minimum absolute atomic E-state index is 0.186. The molecule has 0 aliphatic heterocycles. The molecule has 0 aromatic heterocycles. The molecule has 0 unspecified atom stereocenters. The van der Waals surface area contributed by atoms with Crippen molar-refractivity contribution in [3.05, 3.63) is 70.3 Å². The van der Waals surface area contributed by atoms with Crippen molar-refractivity contribution in [3.8, 4) is 0 Å². The van der Waals surface area contributed by atoms with E-state index in [4.69, 9.17) is 0 Å². The Bertz CT molecular complexity index is 688. The maximum absolute atomic E-state index is 2.44. The van der Waals surface area contributed by atoms with E-state index in [9.17, 15) is 0 Å². The van der Waals surface area contributed by atoms with Crippen LogP contribution >= 0.6 is 0 Å². The molecule has 3 rings (SSSR count). The Morgan fingerprint density at radius 1 is 0.750 bits per heavy atom. The quantitative estimate of drug-likeness (QED) is 0.567. The molecule has 0 heteroatoms. The molecule has 0 nitrogen and oxygen atoms in total. The van der Waals surface area contributed by atoms with Crippen LogP contribution in [0.25, 0.3) is 0 Å². The van der Waals surface area contributed by atoms with Gasteiger partial charge in [-0.25, -0.2) is 0 Å². The molecule has 1 saturated carbocycles. The number of hydrogen-bond acceptors (Lipinski definition) is 0. The fraction of sp³-hybridized carbons (Fsp3) is 0.500. The first-order valence-corrected chi connectivity index (χ1v) is 9.29. The van der Waals surface area contributed by atoms with Crippen LogP contribution in [0, 0.1) is 6.92 Å². The first-order valence-electron chi connectivity index (χ1n) is 9.29. The molecule has 128 valence electrons. The lowest BCUT2D eigenvalue weighted by atomic mass is 9.73. The molecule has 24 heavy (non-hydrogen) atoms. The lowest BCUT2D eigenvalue weighted by Gasteiger charge is -2.31. The van der Waals surface area contributed by atoms with Crippen LogP contribution in [0.3, 0.4) is 0 Å². The van der Waals surface area contributed by atoms with Crippen LogP contribution < -0.4 is 0 Å². The van der Waals surface area contributed by atoms with Crippen molar-refractivity contribution in [1.82, 2.24) is 0 Å². The predicted octanol–water partition coefficient (Wildman–Crippen LogP) is 6.86. The first-order chi connectivity index (χ1) is 11.1. The van der Waals surface area contributed by atoms with Gasteiger partial charge in [-0.2, -0.15) is 0 Å². The van der Waals surface area contributed by atoms with Crippen molar-refractivity contribution >= 4 is 0 Å². The fourth-order valence-electron chi connectivity index (χ4n) is 4.02. The highest BCUT2D eigenvalue weighted by molar-refractivity contribution is 5.51. The number of aryl methyl sites for hydroxylation is 1. The summed E-state index contributed by atoms with van der Waals surface area (Å²) in [4.78, 5) is 0. The summed E-state index contributed by atoms with van der Waals surface area (Å²) in [6.07, 6.45) is 1.29. The Hall–Kier alpha value is -1.56. The number of rotatable bonds is 2. The standard InChI is InChI=1S/C24H32/c1-16-13-20(23(2,3)4)22(21(14-16)24(5,6)7)19-15-18(19)17-11-9-8-10-12-17/h8-14,18-19H,15H2,1-7H3/t18-,19+/m0/s1. The number of hydrogen-bond donors (Lipinski definition) is 0. The normalized spacial score (nSPS) is 21.0. The van der Waals surface area contributed by atoms with E-state index in [1.54, 1.807) is 16.7 Å². The van der Waals surface area contributed by atoms with Gasteiger partial charge in [0.1, 0.15) is 0 Å². The molecule has 1 aliphatic carbocycles. The summed E-state index contributed by atoms with van der Waals surface area (Å²) in [6, 6.07) is 15.9. The van der Waals surface area contributed by atoms with Crippen molar-refractivity contribution in [2.24, 2.45) is 0 Å². The van der Waals surface area contributed by atoms with E-state index in [0.717, 1.165) is 0 Å². The van der Waals surface area contributed by atoms with Crippen LogP contribution in [0.2, 0.25) is 0 Å². The molecule has 2 atom stereocenters. The van der Waals surface area contributed by atoms with E-state index in [0.29, 0.717) is 11.8 Å². The summed E-state index contributed by atoms with van der Waals surface area (Å²) in [6.45, 7) is 16.4. The zero-order valence-corrected chi connectivity index (χ0v) is 16.4. The third kappa shape index (κ3) is 3.29. The summed E-state index contributed by atoms with van der Waals surface area (Å²) in [5, 5.41) is 0. The van der Waals surface area contributed by atoms with Crippen LogP contribution in [0.5, 0.6) is 0 Å². The summed E-state index contributed by atoms with van der Waals surface area (Å²) in [7, 11) is 0. The van der Waals surface area contributed by atoms with E-state index in [2.05, 4.69) is 90.9 Å². The highest BCUT2D eigenvalue weighted by atomic mass is 14.5. The Kier molecular flexibility index (Phi) is 4.14. The third-order valence-corrected chi connectivity index (χ3v) is 5.33. The molecule has 1 aliphatic rings. The van der Waals surface area contributed by atoms with Crippen LogP contribution in [0.1, 0.15) is 87.6 Å².